The second-order valence-corrected chi connectivity index (χ2v) is 13.5. The van der Waals surface area contributed by atoms with Gasteiger partial charge in [0.15, 0.2) is 0 Å². The Morgan fingerprint density at radius 3 is 1.16 bits per heavy atom. The van der Waals surface area contributed by atoms with Gasteiger partial charge in [-0.15, -0.1) is 0 Å². The van der Waals surface area contributed by atoms with Crippen LogP contribution in [0.1, 0.15) is 29.1 Å². The fourth-order valence-corrected chi connectivity index (χ4v) is 5.48. The van der Waals surface area contributed by atoms with E-state index in [1.54, 1.807) is 0 Å². The summed E-state index contributed by atoms with van der Waals surface area (Å²) < 4.78 is 5.13. The summed E-state index contributed by atoms with van der Waals surface area (Å²) in [7, 11) is -0.405. The van der Waals surface area contributed by atoms with Crippen molar-refractivity contribution in [3.8, 4) is 0 Å². The second-order valence-electron chi connectivity index (χ2n) is 5.66. The predicted octanol–water partition coefficient (Wildman–Crippen LogP) is 3.33. The molecular weight excluding hydrogens is 268 g/mol. The largest absolute Gasteiger partial charge is 0.400 e. The van der Waals surface area contributed by atoms with Crippen molar-refractivity contribution >= 4 is 17.2 Å². The molecule has 122 valence electrons. The molecule has 0 aromatic heterocycles. The highest BCUT2D eigenvalue weighted by Crippen LogP contribution is 2.06. The number of aliphatic hydroxyl groups is 1. The Labute approximate surface area is 127 Å². The molecule has 1 N–H and O–H groups in total. The van der Waals surface area contributed by atoms with Crippen molar-refractivity contribution in [3.05, 3.63) is 0 Å². The van der Waals surface area contributed by atoms with Crippen molar-refractivity contribution in [2.45, 2.75) is 60.4 Å². The van der Waals surface area contributed by atoms with Gasteiger partial charge in [-0.2, -0.15) is 0 Å². The number of nitrogens with zero attached hydrogens (tertiary/aromatic N) is 2. The molecule has 0 aliphatic rings. The molecule has 5 heteroatoms. The van der Waals surface area contributed by atoms with Crippen molar-refractivity contribution in [2.24, 2.45) is 0 Å². The second kappa shape index (κ2) is 14.7. The van der Waals surface area contributed by atoms with Crippen LogP contribution in [0.2, 0.25) is 32.7 Å². The molecule has 0 saturated carbocycles. The molecule has 0 amide bonds. The highest BCUT2D eigenvalue weighted by atomic mass is 28.3. The van der Waals surface area contributed by atoms with E-state index in [0.717, 1.165) is 7.11 Å². The Balaban J connectivity index is -0.000000109. The molecule has 0 aliphatic carbocycles. The normalized spacial score (nSPS) is 11.1. The Hall–Kier alpha value is 0.314. The molecule has 0 heterocycles. The lowest BCUT2D eigenvalue weighted by atomic mass is 10.7. The molecule has 0 bridgehead atoms. The molecule has 19 heavy (non-hydrogen) atoms. The van der Waals surface area contributed by atoms with Crippen LogP contribution in [0.15, 0.2) is 0 Å². The van der Waals surface area contributed by atoms with E-state index in [2.05, 4.69) is 69.6 Å². The SMILES string of the molecule is CCN(CC)[SiH](C)C.CCN(CC)[Si](C)(C)C.CO.[HH]. The molecule has 0 aromatic carbocycles. The minimum absolute atomic E-state index is 0. The summed E-state index contributed by atoms with van der Waals surface area (Å²) in [5.74, 6) is 0. The van der Waals surface area contributed by atoms with Crippen molar-refractivity contribution in [2.75, 3.05) is 33.3 Å². The fraction of sp³-hybridized carbons (Fsp3) is 1.00. The molecule has 0 atom stereocenters. The first-order valence-electron chi connectivity index (χ1n) is 7.68. The van der Waals surface area contributed by atoms with Gasteiger partial charge in [0.25, 0.3) is 0 Å². The lowest BCUT2D eigenvalue weighted by Crippen LogP contribution is -2.45. The van der Waals surface area contributed by atoms with Gasteiger partial charge in [0.05, 0.1) is 0 Å². The molecule has 0 spiro atoms. The number of hydrogen-bond donors (Lipinski definition) is 1. The maximum atomic E-state index is 7.00. The van der Waals surface area contributed by atoms with Gasteiger partial charge < -0.3 is 14.2 Å². The van der Waals surface area contributed by atoms with Gasteiger partial charge in [0.2, 0.25) is 0 Å². The van der Waals surface area contributed by atoms with Crippen molar-refractivity contribution in [1.29, 1.82) is 0 Å². The minimum Gasteiger partial charge on any atom is -0.400 e. The molecular formula is C14H42N2OSi2. The Morgan fingerprint density at radius 1 is 0.842 bits per heavy atom. The Bertz CT molecular complexity index is 171. The van der Waals surface area contributed by atoms with Crippen LogP contribution in [0.25, 0.3) is 0 Å². The van der Waals surface area contributed by atoms with E-state index in [-0.39, 0.29) is 1.43 Å². The standard InChI is InChI=1S/C7H19NSi.C6H17NSi.CH4O.H2/c1-6-8(7-2)9(3,4)5;1-5-7(6-2)8(3)4;1-2;/h6-7H2,1-5H3;8H,5-6H2,1-4H3;2H,1H3;1H. The van der Waals surface area contributed by atoms with E-state index in [0.29, 0.717) is 0 Å². The summed E-state index contributed by atoms with van der Waals surface area (Å²) in [6, 6.07) is 0. The first-order chi connectivity index (χ1) is 8.74. The van der Waals surface area contributed by atoms with Crippen LogP contribution in [0.5, 0.6) is 0 Å². The van der Waals surface area contributed by atoms with Gasteiger partial charge in [-0.1, -0.05) is 60.4 Å². The first kappa shape index (κ1) is 24.3. The fourth-order valence-electron chi connectivity index (χ4n) is 2.13. The summed E-state index contributed by atoms with van der Waals surface area (Å²) in [5, 5.41) is 7.00. The molecule has 0 rings (SSSR count). The van der Waals surface area contributed by atoms with E-state index >= 15 is 0 Å². The average Bonchev–Trinajstić information content (AvgIpc) is 2.33. The monoisotopic (exact) mass is 310 g/mol. The molecule has 0 unspecified atom stereocenters. The minimum atomic E-state index is -0.953. The maximum absolute atomic E-state index is 7.00. The van der Waals surface area contributed by atoms with Gasteiger partial charge in [-0.25, -0.2) is 0 Å². The van der Waals surface area contributed by atoms with Gasteiger partial charge in [-0.05, 0) is 26.2 Å². The third kappa shape index (κ3) is 14.5. The highest BCUT2D eigenvalue weighted by Gasteiger charge is 2.19. The molecule has 3 nitrogen and oxygen atoms in total. The molecule has 0 aliphatic heterocycles. The molecule has 0 aromatic rings. The van der Waals surface area contributed by atoms with Crippen LogP contribution < -0.4 is 0 Å². The molecule has 0 saturated heterocycles. The van der Waals surface area contributed by atoms with Crippen LogP contribution >= 0.6 is 0 Å². The van der Waals surface area contributed by atoms with Crippen LogP contribution in [-0.2, 0) is 0 Å². The quantitative estimate of drug-likeness (QED) is 0.762. The summed E-state index contributed by atoms with van der Waals surface area (Å²) >= 11 is 0. The number of aliphatic hydroxyl groups excluding tert-OH is 1. The van der Waals surface area contributed by atoms with Crippen LogP contribution in [0.3, 0.4) is 0 Å². The summed E-state index contributed by atoms with van der Waals surface area (Å²) in [6.45, 7) is 25.7. The lowest BCUT2D eigenvalue weighted by molar-refractivity contribution is 0.399. The van der Waals surface area contributed by atoms with E-state index in [1.807, 2.05) is 0 Å². The first-order valence-corrected chi connectivity index (χ1v) is 14.0. The zero-order chi connectivity index (χ0) is 16.1. The third-order valence-electron chi connectivity index (χ3n) is 3.25. The van der Waals surface area contributed by atoms with Crippen molar-refractivity contribution in [1.82, 2.24) is 9.13 Å². The van der Waals surface area contributed by atoms with E-state index in [1.165, 1.54) is 26.2 Å². The topological polar surface area (TPSA) is 26.7 Å². The van der Waals surface area contributed by atoms with Gasteiger partial charge in [0, 0.05) is 8.54 Å². The molecule has 0 radical (unpaired) electrons. The van der Waals surface area contributed by atoms with Crippen molar-refractivity contribution in [3.63, 3.8) is 0 Å². The zero-order valence-corrected chi connectivity index (χ0v) is 17.4. The van der Waals surface area contributed by atoms with Gasteiger partial charge in [-0.3, -0.25) is 0 Å². The predicted molar refractivity (Wildman–Crippen MR) is 98.3 cm³/mol. The Kier molecular flexibility index (Phi) is 18.9. The lowest BCUT2D eigenvalue weighted by Gasteiger charge is -2.31. The Morgan fingerprint density at radius 2 is 1.16 bits per heavy atom. The van der Waals surface area contributed by atoms with E-state index in [9.17, 15) is 0 Å². The van der Waals surface area contributed by atoms with Crippen LogP contribution in [0, 0.1) is 0 Å². The highest BCUT2D eigenvalue weighted by molar-refractivity contribution is 6.73. The van der Waals surface area contributed by atoms with Crippen molar-refractivity contribution < 1.29 is 6.53 Å². The van der Waals surface area contributed by atoms with E-state index < -0.39 is 17.2 Å². The van der Waals surface area contributed by atoms with Gasteiger partial charge >= 0.3 is 0 Å². The third-order valence-corrected chi connectivity index (χ3v) is 7.98. The maximum Gasteiger partial charge on any atom is 0.119 e. The van der Waals surface area contributed by atoms with Crippen LogP contribution in [-0.4, -0.2) is 64.7 Å². The summed E-state index contributed by atoms with van der Waals surface area (Å²) in [5.41, 5.74) is 0. The summed E-state index contributed by atoms with van der Waals surface area (Å²) in [4.78, 5) is 0. The number of hydrogen-bond acceptors (Lipinski definition) is 3. The smallest absolute Gasteiger partial charge is 0.119 e. The van der Waals surface area contributed by atoms with Gasteiger partial charge in [0.1, 0.15) is 17.2 Å². The average molecular weight is 311 g/mol. The van der Waals surface area contributed by atoms with E-state index in [4.69, 9.17) is 5.11 Å². The number of rotatable bonds is 6. The summed E-state index contributed by atoms with van der Waals surface area (Å²) in [6.07, 6.45) is 0. The molecule has 0 fully saturated rings. The van der Waals surface area contributed by atoms with Crippen LogP contribution in [0.4, 0.5) is 0 Å². The zero-order valence-electron chi connectivity index (χ0n) is 15.2.